The molecule has 4 aliphatic rings. The van der Waals surface area contributed by atoms with Gasteiger partial charge in [-0.3, -0.25) is 4.90 Å². The molecule has 1 aromatic heterocycles. The van der Waals surface area contributed by atoms with Crippen molar-refractivity contribution in [1.82, 2.24) is 14.9 Å². The van der Waals surface area contributed by atoms with Gasteiger partial charge in [-0.15, -0.1) is 0 Å². The van der Waals surface area contributed by atoms with E-state index in [1.807, 2.05) is 6.07 Å². The molecule has 119 valence electrons. The fourth-order valence-electron chi connectivity index (χ4n) is 3.82. The van der Waals surface area contributed by atoms with Crippen molar-refractivity contribution in [2.75, 3.05) is 51.4 Å². The van der Waals surface area contributed by atoms with Crippen LogP contribution in [-0.2, 0) is 4.74 Å². The van der Waals surface area contributed by atoms with E-state index in [4.69, 9.17) is 21.1 Å². The molecule has 2 bridgehead atoms. The molecule has 1 saturated carbocycles. The van der Waals surface area contributed by atoms with Crippen molar-refractivity contribution in [2.24, 2.45) is 5.41 Å². The largest absolute Gasteiger partial charge is 0.467 e. The second kappa shape index (κ2) is 5.51. The van der Waals surface area contributed by atoms with Crippen LogP contribution in [0.25, 0.3) is 0 Å². The Morgan fingerprint density at radius 1 is 1.32 bits per heavy atom. The van der Waals surface area contributed by atoms with Crippen LogP contribution in [0.5, 0.6) is 6.01 Å². The second-order valence-corrected chi connectivity index (χ2v) is 6.82. The van der Waals surface area contributed by atoms with Crippen LogP contribution in [-0.4, -0.2) is 61.4 Å². The quantitative estimate of drug-likeness (QED) is 0.785. The molecule has 0 amide bonds. The summed E-state index contributed by atoms with van der Waals surface area (Å²) in [6.07, 6.45) is 2.32. The highest BCUT2D eigenvalue weighted by Gasteiger charge is 2.56. The molecule has 0 aromatic carbocycles. The van der Waals surface area contributed by atoms with Gasteiger partial charge in [-0.25, -0.2) is 0 Å². The lowest BCUT2D eigenvalue weighted by Crippen LogP contribution is -2.46. The lowest BCUT2D eigenvalue weighted by atomic mass is 9.70. The smallest absolute Gasteiger partial charge is 0.319 e. The number of aromatic nitrogens is 2. The molecule has 0 N–H and O–H groups in total. The Kier molecular flexibility index (Phi) is 3.63. The number of halogens is 1. The maximum atomic E-state index is 6.07. The summed E-state index contributed by atoms with van der Waals surface area (Å²) >= 11 is 6.07. The van der Waals surface area contributed by atoms with Gasteiger partial charge in [0.05, 0.1) is 26.4 Å². The fraction of sp³-hybridized carbons (Fsp3) is 0.667. The third-order valence-corrected chi connectivity index (χ3v) is 5.01. The van der Waals surface area contributed by atoms with E-state index in [0.717, 1.165) is 58.1 Å². The van der Waals surface area contributed by atoms with Crippen LogP contribution in [0, 0.1) is 11.5 Å². The van der Waals surface area contributed by atoms with E-state index in [9.17, 15) is 0 Å². The van der Waals surface area contributed by atoms with E-state index >= 15 is 0 Å². The van der Waals surface area contributed by atoms with Crippen LogP contribution in [0.2, 0.25) is 5.15 Å². The third kappa shape index (κ3) is 2.53. The van der Waals surface area contributed by atoms with Crippen molar-refractivity contribution in [3.05, 3.63) is 17.3 Å². The summed E-state index contributed by atoms with van der Waals surface area (Å²) in [6.45, 7) is 5.96. The zero-order valence-electron chi connectivity index (χ0n) is 12.7. The summed E-state index contributed by atoms with van der Waals surface area (Å²) in [7, 11) is 1.56. The highest BCUT2D eigenvalue weighted by atomic mass is 35.5. The first-order valence-corrected chi connectivity index (χ1v) is 8.06. The van der Waals surface area contributed by atoms with Crippen molar-refractivity contribution in [3.8, 4) is 6.01 Å². The SMILES string of the molecule is COc1nc(Cl)cc(N2CC3(CN4CCOCC4)C[C]2C3)n1. The molecule has 1 aliphatic carbocycles. The van der Waals surface area contributed by atoms with Gasteiger partial charge in [-0.2, -0.15) is 9.97 Å². The van der Waals surface area contributed by atoms with Gasteiger partial charge in [0.1, 0.15) is 11.0 Å². The molecular formula is C15H20ClN4O2. The summed E-state index contributed by atoms with van der Waals surface area (Å²) in [5.74, 6) is 0.855. The lowest BCUT2D eigenvalue weighted by molar-refractivity contribution is 0.0129. The first-order chi connectivity index (χ1) is 10.7. The average Bonchev–Trinajstić information content (AvgIpc) is 3.03. The van der Waals surface area contributed by atoms with Gasteiger partial charge in [0.15, 0.2) is 0 Å². The average molecular weight is 324 g/mol. The second-order valence-electron chi connectivity index (χ2n) is 6.43. The number of morpholine rings is 1. The third-order valence-electron chi connectivity index (χ3n) is 4.82. The van der Waals surface area contributed by atoms with Crippen molar-refractivity contribution in [1.29, 1.82) is 0 Å². The number of rotatable bonds is 4. The minimum Gasteiger partial charge on any atom is -0.467 e. The van der Waals surface area contributed by atoms with Gasteiger partial charge in [0.25, 0.3) is 0 Å². The molecule has 1 aromatic rings. The monoisotopic (exact) mass is 323 g/mol. The summed E-state index contributed by atoms with van der Waals surface area (Å²) in [5, 5.41) is 0.425. The minimum atomic E-state index is 0.328. The van der Waals surface area contributed by atoms with Crippen molar-refractivity contribution in [3.63, 3.8) is 0 Å². The number of hydrogen-bond donors (Lipinski definition) is 0. The molecule has 3 saturated heterocycles. The van der Waals surface area contributed by atoms with E-state index in [0.29, 0.717) is 16.6 Å². The summed E-state index contributed by atoms with van der Waals surface area (Å²) in [4.78, 5) is 13.3. The first kappa shape index (κ1) is 14.5. The van der Waals surface area contributed by atoms with Gasteiger partial charge in [-0.05, 0) is 12.8 Å². The van der Waals surface area contributed by atoms with Gasteiger partial charge < -0.3 is 14.4 Å². The molecular weight excluding hydrogens is 304 g/mol. The predicted molar refractivity (Wildman–Crippen MR) is 83.1 cm³/mol. The maximum Gasteiger partial charge on any atom is 0.319 e. The molecule has 1 radical (unpaired) electrons. The summed E-state index contributed by atoms with van der Waals surface area (Å²) < 4.78 is 10.6. The summed E-state index contributed by atoms with van der Waals surface area (Å²) in [5.41, 5.74) is 0.372. The standard InChI is InChI=1S/C15H20ClN4O2/c1-21-14-17-12(16)6-13(18-14)20-10-15(7-11(20)8-15)9-19-2-4-22-5-3-19/h6H,2-5,7-10H2,1H3. The zero-order valence-corrected chi connectivity index (χ0v) is 13.5. The van der Waals surface area contributed by atoms with E-state index in [1.54, 1.807) is 7.11 Å². The van der Waals surface area contributed by atoms with E-state index in [2.05, 4.69) is 19.8 Å². The number of anilines is 1. The highest BCUT2D eigenvalue weighted by molar-refractivity contribution is 6.29. The molecule has 0 atom stereocenters. The van der Waals surface area contributed by atoms with E-state index in [1.165, 1.54) is 6.04 Å². The molecule has 0 unspecified atom stereocenters. The number of hydrogen-bond acceptors (Lipinski definition) is 6. The van der Waals surface area contributed by atoms with Crippen LogP contribution in [0.3, 0.4) is 0 Å². The first-order valence-electron chi connectivity index (χ1n) is 7.68. The Hall–Kier alpha value is -1.11. The molecule has 3 aliphatic heterocycles. The normalized spacial score (nSPS) is 24.4. The van der Waals surface area contributed by atoms with Crippen LogP contribution in [0.1, 0.15) is 12.8 Å². The topological polar surface area (TPSA) is 50.7 Å². The van der Waals surface area contributed by atoms with Crippen LogP contribution in [0.15, 0.2) is 6.07 Å². The molecule has 22 heavy (non-hydrogen) atoms. The number of methoxy groups -OCH3 is 1. The van der Waals surface area contributed by atoms with Crippen LogP contribution >= 0.6 is 11.6 Å². The molecule has 6 nitrogen and oxygen atoms in total. The van der Waals surface area contributed by atoms with Gasteiger partial charge >= 0.3 is 6.01 Å². The Labute approximate surface area is 135 Å². The van der Waals surface area contributed by atoms with Crippen molar-refractivity contribution >= 4 is 17.4 Å². The summed E-state index contributed by atoms with van der Waals surface area (Å²) in [6, 6.07) is 3.60. The van der Waals surface area contributed by atoms with E-state index in [-0.39, 0.29) is 0 Å². The molecule has 7 heteroatoms. The van der Waals surface area contributed by atoms with Gasteiger partial charge in [0.2, 0.25) is 0 Å². The molecule has 0 spiro atoms. The van der Waals surface area contributed by atoms with E-state index < -0.39 is 0 Å². The minimum absolute atomic E-state index is 0.328. The Balaban J connectivity index is 1.47. The van der Waals surface area contributed by atoms with Gasteiger partial charge in [0, 0.05) is 37.7 Å². The zero-order chi connectivity index (χ0) is 15.2. The fourth-order valence-corrected chi connectivity index (χ4v) is 3.99. The number of nitrogens with zero attached hydrogens (tertiary/aromatic N) is 4. The lowest BCUT2D eigenvalue weighted by Gasteiger charge is -2.41. The van der Waals surface area contributed by atoms with Gasteiger partial charge in [-0.1, -0.05) is 11.6 Å². The molecule has 5 rings (SSSR count). The van der Waals surface area contributed by atoms with Crippen molar-refractivity contribution in [2.45, 2.75) is 12.8 Å². The Bertz CT molecular complexity index is 558. The van der Waals surface area contributed by atoms with Crippen molar-refractivity contribution < 1.29 is 9.47 Å². The molecule has 4 fully saturated rings. The van der Waals surface area contributed by atoms with Crippen LogP contribution in [0.4, 0.5) is 5.82 Å². The number of ether oxygens (including phenoxy) is 2. The molecule has 4 heterocycles. The Morgan fingerprint density at radius 2 is 2.09 bits per heavy atom. The highest BCUT2D eigenvalue weighted by Crippen LogP contribution is 2.58. The maximum absolute atomic E-state index is 6.07. The predicted octanol–water partition coefficient (Wildman–Crippen LogP) is 1.60. The Morgan fingerprint density at radius 3 is 2.82 bits per heavy atom. The van der Waals surface area contributed by atoms with Crippen LogP contribution < -0.4 is 9.64 Å². The number of fused-ring (bicyclic) bond motifs is 1.